The van der Waals surface area contributed by atoms with Gasteiger partial charge in [-0.1, -0.05) is 12.1 Å². The quantitative estimate of drug-likeness (QED) is 0.802. The topological polar surface area (TPSA) is 64.2 Å². The molecule has 2 aromatic carbocycles. The van der Waals surface area contributed by atoms with Gasteiger partial charge in [-0.25, -0.2) is 5.10 Å². The van der Waals surface area contributed by atoms with Gasteiger partial charge in [-0.15, -0.1) is 0 Å². The molecule has 0 spiro atoms. The Balaban J connectivity index is 2.28. The van der Waals surface area contributed by atoms with Crippen molar-refractivity contribution in [1.29, 1.82) is 0 Å². The summed E-state index contributed by atoms with van der Waals surface area (Å²) in [5.41, 5.74) is 1.34. The van der Waals surface area contributed by atoms with E-state index in [1.165, 1.54) is 0 Å². The molecule has 0 fully saturated rings. The SMILES string of the molecule is COc1cccc(-c2n[nH]c(=O)c3cc(OC)ccc23)c1. The fraction of sp³-hybridized carbons (Fsp3) is 0.125. The number of aromatic amines is 1. The van der Waals surface area contributed by atoms with Gasteiger partial charge in [-0.05, 0) is 30.3 Å². The van der Waals surface area contributed by atoms with Gasteiger partial charge in [0.2, 0.25) is 0 Å². The van der Waals surface area contributed by atoms with Crippen LogP contribution in [0, 0.1) is 0 Å². The maximum atomic E-state index is 12.0. The fourth-order valence-corrected chi connectivity index (χ4v) is 2.26. The van der Waals surface area contributed by atoms with E-state index in [4.69, 9.17) is 9.47 Å². The molecule has 0 bridgehead atoms. The first-order chi connectivity index (χ1) is 10.2. The summed E-state index contributed by atoms with van der Waals surface area (Å²) in [4.78, 5) is 12.0. The highest BCUT2D eigenvalue weighted by Crippen LogP contribution is 2.28. The average molecular weight is 282 g/mol. The van der Waals surface area contributed by atoms with Crippen LogP contribution in [0.3, 0.4) is 0 Å². The van der Waals surface area contributed by atoms with Crippen LogP contribution in [-0.4, -0.2) is 24.4 Å². The molecule has 0 unspecified atom stereocenters. The number of H-pyrrole nitrogens is 1. The van der Waals surface area contributed by atoms with Crippen LogP contribution in [0.25, 0.3) is 22.0 Å². The molecular weight excluding hydrogens is 268 g/mol. The maximum absolute atomic E-state index is 12.0. The predicted molar refractivity (Wildman–Crippen MR) is 80.9 cm³/mol. The Morgan fingerprint density at radius 3 is 2.48 bits per heavy atom. The van der Waals surface area contributed by atoms with Crippen molar-refractivity contribution in [2.45, 2.75) is 0 Å². The zero-order valence-electron chi connectivity index (χ0n) is 11.7. The van der Waals surface area contributed by atoms with Crippen LogP contribution in [-0.2, 0) is 0 Å². The van der Waals surface area contributed by atoms with E-state index in [1.54, 1.807) is 20.3 Å². The lowest BCUT2D eigenvalue weighted by Crippen LogP contribution is -2.09. The summed E-state index contributed by atoms with van der Waals surface area (Å²) in [7, 11) is 3.18. The second-order valence-corrected chi connectivity index (χ2v) is 4.54. The van der Waals surface area contributed by atoms with Crippen molar-refractivity contribution < 1.29 is 9.47 Å². The minimum Gasteiger partial charge on any atom is -0.497 e. The summed E-state index contributed by atoms with van der Waals surface area (Å²) < 4.78 is 10.4. The molecule has 0 amide bonds. The zero-order valence-corrected chi connectivity index (χ0v) is 11.7. The number of nitrogens with one attached hydrogen (secondary N) is 1. The highest BCUT2D eigenvalue weighted by atomic mass is 16.5. The number of ether oxygens (including phenoxy) is 2. The van der Waals surface area contributed by atoms with Crippen molar-refractivity contribution in [2.75, 3.05) is 14.2 Å². The third-order valence-corrected chi connectivity index (χ3v) is 3.34. The first-order valence-electron chi connectivity index (χ1n) is 6.44. The molecule has 3 rings (SSSR count). The van der Waals surface area contributed by atoms with E-state index in [0.29, 0.717) is 16.8 Å². The second kappa shape index (κ2) is 5.28. The van der Waals surface area contributed by atoms with Crippen LogP contribution in [0.2, 0.25) is 0 Å². The Hall–Kier alpha value is -2.82. The molecule has 0 radical (unpaired) electrons. The number of hydrogen-bond acceptors (Lipinski definition) is 4. The van der Waals surface area contributed by atoms with Crippen LogP contribution in [0.4, 0.5) is 0 Å². The summed E-state index contributed by atoms with van der Waals surface area (Å²) in [5.74, 6) is 1.37. The van der Waals surface area contributed by atoms with Crippen LogP contribution in [0.15, 0.2) is 47.3 Å². The van der Waals surface area contributed by atoms with Gasteiger partial charge < -0.3 is 9.47 Å². The Morgan fingerprint density at radius 1 is 0.952 bits per heavy atom. The average Bonchev–Trinajstić information content (AvgIpc) is 2.55. The summed E-state index contributed by atoms with van der Waals surface area (Å²) in [6, 6.07) is 12.9. The third kappa shape index (κ3) is 2.33. The van der Waals surface area contributed by atoms with Crippen molar-refractivity contribution in [1.82, 2.24) is 10.2 Å². The number of benzene rings is 2. The number of nitrogens with zero attached hydrogens (tertiary/aromatic N) is 1. The molecule has 1 aromatic heterocycles. The Kier molecular flexibility index (Phi) is 3.31. The normalized spacial score (nSPS) is 10.6. The summed E-state index contributed by atoms with van der Waals surface area (Å²) in [6.45, 7) is 0. The molecular formula is C16H14N2O3. The number of fused-ring (bicyclic) bond motifs is 1. The van der Waals surface area contributed by atoms with Gasteiger partial charge in [0, 0.05) is 10.9 Å². The van der Waals surface area contributed by atoms with Crippen LogP contribution < -0.4 is 15.0 Å². The van der Waals surface area contributed by atoms with Gasteiger partial charge in [0.1, 0.15) is 11.5 Å². The maximum Gasteiger partial charge on any atom is 0.272 e. The van der Waals surface area contributed by atoms with Crippen molar-refractivity contribution in [2.24, 2.45) is 0 Å². The molecule has 0 aliphatic heterocycles. The van der Waals surface area contributed by atoms with E-state index in [-0.39, 0.29) is 5.56 Å². The Bertz CT molecular complexity index is 856. The van der Waals surface area contributed by atoms with Crippen molar-refractivity contribution in [3.63, 3.8) is 0 Å². The molecule has 0 saturated carbocycles. The van der Waals surface area contributed by atoms with Gasteiger partial charge in [-0.3, -0.25) is 4.79 Å². The van der Waals surface area contributed by atoms with Gasteiger partial charge in [-0.2, -0.15) is 5.10 Å². The summed E-state index contributed by atoms with van der Waals surface area (Å²) in [6.07, 6.45) is 0. The molecule has 106 valence electrons. The van der Waals surface area contributed by atoms with Crippen LogP contribution >= 0.6 is 0 Å². The standard InChI is InChI=1S/C16H14N2O3/c1-20-11-5-3-4-10(8-11)15-13-7-6-12(21-2)9-14(13)16(19)18-17-15/h3-9H,1-2H3,(H,18,19). The van der Waals surface area contributed by atoms with Gasteiger partial charge in [0.25, 0.3) is 5.56 Å². The van der Waals surface area contributed by atoms with Crippen LogP contribution in [0.5, 0.6) is 11.5 Å². The molecule has 0 aliphatic carbocycles. The lowest BCUT2D eigenvalue weighted by molar-refractivity contribution is 0.415. The van der Waals surface area contributed by atoms with Gasteiger partial charge in [0.05, 0.1) is 25.3 Å². The third-order valence-electron chi connectivity index (χ3n) is 3.34. The van der Waals surface area contributed by atoms with Crippen molar-refractivity contribution in [3.05, 3.63) is 52.8 Å². The molecule has 1 heterocycles. The summed E-state index contributed by atoms with van der Waals surface area (Å²) in [5, 5.41) is 8.02. The number of aromatic nitrogens is 2. The molecule has 0 aliphatic rings. The monoisotopic (exact) mass is 282 g/mol. The second-order valence-electron chi connectivity index (χ2n) is 4.54. The summed E-state index contributed by atoms with van der Waals surface area (Å²) >= 11 is 0. The molecule has 3 aromatic rings. The molecule has 0 atom stereocenters. The number of hydrogen-bond donors (Lipinski definition) is 1. The fourth-order valence-electron chi connectivity index (χ4n) is 2.26. The van der Waals surface area contributed by atoms with Gasteiger partial charge >= 0.3 is 0 Å². The first kappa shape index (κ1) is 13.2. The molecule has 0 saturated heterocycles. The largest absolute Gasteiger partial charge is 0.497 e. The van der Waals surface area contributed by atoms with Crippen LogP contribution in [0.1, 0.15) is 0 Å². The van der Waals surface area contributed by atoms with Crippen molar-refractivity contribution >= 4 is 10.8 Å². The first-order valence-corrected chi connectivity index (χ1v) is 6.44. The van der Waals surface area contributed by atoms with E-state index in [9.17, 15) is 4.79 Å². The van der Waals surface area contributed by atoms with Crippen molar-refractivity contribution in [3.8, 4) is 22.8 Å². The minimum absolute atomic E-state index is 0.240. The van der Waals surface area contributed by atoms with E-state index in [2.05, 4.69) is 10.2 Å². The molecule has 5 nitrogen and oxygen atoms in total. The Labute approximate surface area is 121 Å². The number of methoxy groups -OCH3 is 2. The molecule has 5 heteroatoms. The molecule has 1 N–H and O–H groups in total. The van der Waals surface area contributed by atoms with E-state index >= 15 is 0 Å². The van der Waals surface area contributed by atoms with E-state index in [0.717, 1.165) is 16.7 Å². The van der Waals surface area contributed by atoms with E-state index in [1.807, 2.05) is 36.4 Å². The van der Waals surface area contributed by atoms with E-state index < -0.39 is 0 Å². The highest BCUT2D eigenvalue weighted by molar-refractivity contribution is 5.94. The lowest BCUT2D eigenvalue weighted by atomic mass is 10.0. The predicted octanol–water partition coefficient (Wildman–Crippen LogP) is 2.61. The number of rotatable bonds is 3. The Morgan fingerprint density at radius 2 is 1.71 bits per heavy atom. The molecule has 21 heavy (non-hydrogen) atoms. The zero-order chi connectivity index (χ0) is 14.8. The smallest absolute Gasteiger partial charge is 0.272 e. The highest BCUT2D eigenvalue weighted by Gasteiger charge is 2.10. The lowest BCUT2D eigenvalue weighted by Gasteiger charge is -2.08. The minimum atomic E-state index is -0.240. The van der Waals surface area contributed by atoms with Gasteiger partial charge in [0.15, 0.2) is 0 Å².